The van der Waals surface area contributed by atoms with Gasteiger partial charge in [0, 0.05) is 60.5 Å². The molecule has 0 fully saturated rings. The van der Waals surface area contributed by atoms with Gasteiger partial charge in [-0.15, -0.1) is 11.8 Å². The highest BCUT2D eigenvalue weighted by molar-refractivity contribution is 8.05. The quantitative estimate of drug-likeness (QED) is 0.596. The first-order valence-corrected chi connectivity index (χ1v) is 9.73. The molecule has 0 amide bonds. The lowest BCUT2D eigenvalue weighted by Gasteiger charge is -2.13. The molecular formula is C22H28N4OS. The lowest BCUT2D eigenvalue weighted by Crippen LogP contribution is -2.08. The second-order valence-corrected chi connectivity index (χ2v) is 7.46. The smallest absolute Gasteiger partial charge is 0.124 e. The Balaban J connectivity index is 2.81. The van der Waals surface area contributed by atoms with Gasteiger partial charge in [0.2, 0.25) is 0 Å². The van der Waals surface area contributed by atoms with E-state index < -0.39 is 0 Å². The molecule has 5 nitrogen and oxygen atoms in total. The number of anilines is 1. The summed E-state index contributed by atoms with van der Waals surface area (Å²) in [5, 5.41) is 20.8. The number of aromatic hydroxyl groups is 1. The molecule has 0 spiro atoms. The third-order valence-corrected chi connectivity index (χ3v) is 4.86. The predicted octanol–water partition coefficient (Wildman–Crippen LogP) is 5.42. The Kier molecular flexibility index (Phi) is 9.83. The van der Waals surface area contributed by atoms with Crippen LogP contribution in [-0.4, -0.2) is 37.7 Å². The molecule has 0 saturated carbocycles. The van der Waals surface area contributed by atoms with Gasteiger partial charge >= 0.3 is 0 Å². The van der Waals surface area contributed by atoms with E-state index in [9.17, 15) is 5.11 Å². The van der Waals surface area contributed by atoms with E-state index in [0.717, 1.165) is 33.3 Å². The number of phenols is 1. The molecular weight excluding hydrogens is 368 g/mol. The van der Waals surface area contributed by atoms with Crippen LogP contribution in [0.2, 0.25) is 0 Å². The molecule has 1 aromatic rings. The lowest BCUT2D eigenvalue weighted by atomic mass is 10.2. The van der Waals surface area contributed by atoms with Crippen molar-refractivity contribution < 1.29 is 5.11 Å². The van der Waals surface area contributed by atoms with Crippen molar-refractivity contribution in [3.63, 3.8) is 0 Å². The third-order valence-electron chi connectivity index (χ3n) is 3.94. The summed E-state index contributed by atoms with van der Waals surface area (Å²) in [6.07, 6.45) is 5.86. The highest BCUT2D eigenvalue weighted by Gasteiger charge is 2.02. The highest BCUT2D eigenvalue weighted by atomic mass is 32.2. The Labute approximate surface area is 172 Å². The highest BCUT2D eigenvalue weighted by Crippen LogP contribution is 2.27. The van der Waals surface area contributed by atoms with Gasteiger partial charge in [-0.25, -0.2) is 0 Å². The Morgan fingerprint density at radius 2 is 1.96 bits per heavy atom. The van der Waals surface area contributed by atoms with Crippen LogP contribution >= 0.6 is 11.8 Å². The van der Waals surface area contributed by atoms with Crippen molar-refractivity contribution >= 4 is 34.9 Å². The van der Waals surface area contributed by atoms with Crippen LogP contribution in [-0.2, 0) is 0 Å². The van der Waals surface area contributed by atoms with E-state index in [4.69, 9.17) is 5.26 Å². The third kappa shape index (κ3) is 7.85. The number of aliphatic imine (C=N–C) groups is 2. The van der Waals surface area contributed by atoms with Crippen molar-refractivity contribution in [3.8, 4) is 11.8 Å². The maximum Gasteiger partial charge on any atom is 0.124 e. The van der Waals surface area contributed by atoms with Crippen molar-refractivity contribution in [1.29, 1.82) is 5.26 Å². The first-order chi connectivity index (χ1) is 13.3. The molecule has 0 saturated heterocycles. The van der Waals surface area contributed by atoms with Crippen LogP contribution in [0.4, 0.5) is 5.69 Å². The van der Waals surface area contributed by atoms with Crippen LogP contribution in [0.25, 0.3) is 6.08 Å². The molecule has 0 bridgehead atoms. The summed E-state index contributed by atoms with van der Waals surface area (Å²) in [4.78, 5) is 11.7. The molecule has 0 atom stereocenters. The number of phenolic OH excluding ortho intramolecular Hbond substituents is 1. The molecule has 0 aliphatic carbocycles. The number of hydrogen-bond donors (Lipinski definition) is 1. The Bertz CT molecular complexity index is 871. The number of rotatable bonds is 8. The van der Waals surface area contributed by atoms with E-state index in [1.165, 1.54) is 0 Å². The van der Waals surface area contributed by atoms with Gasteiger partial charge in [0.1, 0.15) is 5.75 Å². The number of nitriles is 1. The number of thioether (sulfide) groups is 1. The van der Waals surface area contributed by atoms with Gasteiger partial charge in [0.15, 0.2) is 0 Å². The minimum absolute atomic E-state index is 0.256. The molecule has 148 valence electrons. The van der Waals surface area contributed by atoms with E-state index >= 15 is 0 Å². The molecule has 0 aliphatic rings. The number of benzene rings is 1. The van der Waals surface area contributed by atoms with E-state index in [1.54, 1.807) is 24.9 Å². The fraction of sp³-hybridized carbons (Fsp3) is 0.318. The molecule has 0 heterocycles. The van der Waals surface area contributed by atoms with Gasteiger partial charge in [-0.1, -0.05) is 0 Å². The van der Waals surface area contributed by atoms with Crippen LogP contribution < -0.4 is 4.90 Å². The second-order valence-electron chi connectivity index (χ2n) is 6.34. The first-order valence-electron chi connectivity index (χ1n) is 8.85. The summed E-state index contributed by atoms with van der Waals surface area (Å²) in [5.74, 6) is 0.256. The zero-order valence-corrected chi connectivity index (χ0v) is 18.2. The van der Waals surface area contributed by atoms with Gasteiger partial charge in [-0.2, -0.15) is 5.26 Å². The van der Waals surface area contributed by atoms with Gasteiger partial charge in [0.05, 0.1) is 12.5 Å². The topological polar surface area (TPSA) is 72.0 Å². The van der Waals surface area contributed by atoms with Crippen molar-refractivity contribution in [2.45, 2.75) is 27.2 Å². The van der Waals surface area contributed by atoms with Gasteiger partial charge < -0.3 is 10.0 Å². The number of allylic oxidation sites excluding steroid dienone is 4. The average molecular weight is 397 g/mol. The van der Waals surface area contributed by atoms with Crippen LogP contribution in [0.15, 0.2) is 56.3 Å². The Morgan fingerprint density at radius 3 is 2.54 bits per heavy atom. The maximum absolute atomic E-state index is 10.1. The van der Waals surface area contributed by atoms with E-state index in [0.29, 0.717) is 0 Å². The molecule has 28 heavy (non-hydrogen) atoms. The number of hydrogen-bond acceptors (Lipinski definition) is 6. The van der Waals surface area contributed by atoms with Crippen molar-refractivity contribution in [3.05, 3.63) is 51.9 Å². The zero-order chi connectivity index (χ0) is 21.1. The molecule has 6 heteroatoms. The monoisotopic (exact) mass is 396 g/mol. The van der Waals surface area contributed by atoms with E-state index in [2.05, 4.69) is 16.1 Å². The largest absolute Gasteiger partial charge is 0.507 e. The average Bonchev–Trinajstić information content (AvgIpc) is 2.65. The summed E-state index contributed by atoms with van der Waals surface area (Å²) in [6, 6.07) is 7.70. The van der Waals surface area contributed by atoms with Crippen molar-refractivity contribution in [2.24, 2.45) is 9.98 Å². The molecule has 0 radical (unpaired) electrons. The first kappa shape index (κ1) is 23.3. The summed E-state index contributed by atoms with van der Waals surface area (Å²) in [5.41, 5.74) is 4.22. The molecule has 1 rings (SSSR count). The summed E-state index contributed by atoms with van der Waals surface area (Å²) in [7, 11) is 5.55. The van der Waals surface area contributed by atoms with Crippen LogP contribution in [0.3, 0.4) is 0 Å². The maximum atomic E-state index is 10.1. The molecule has 1 N–H and O–H groups in total. The van der Waals surface area contributed by atoms with Gasteiger partial charge in [0.25, 0.3) is 0 Å². The van der Waals surface area contributed by atoms with E-state index in [1.807, 2.05) is 75.5 Å². The number of nitrogens with zero attached hydrogens (tertiary/aromatic N) is 4. The minimum atomic E-state index is 0.256. The van der Waals surface area contributed by atoms with E-state index in [-0.39, 0.29) is 12.2 Å². The summed E-state index contributed by atoms with van der Waals surface area (Å²) >= 11 is 1.56. The Hall–Kier alpha value is -2.78. The van der Waals surface area contributed by atoms with Gasteiger partial charge in [-0.3, -0.25) is 9.98 Å². The molecule has 0 unspecified atom stereocenters. The zero-order valence-electron chi connectivity index (χ0n) is 17.4. The standard InChI is InChI=1S/C22H28N4OS/c1-16(7-9-20(24-4)11-13-23)25-17(2)18(3)28-14-12-19-8-10-21(26(5)6)15-22(19)27/h7-10,12,14-15,27H,11H2,1-6H3/b9-7-,14-12+,18-17+,24-20+,25-16+. The SMILES string of the molecule is C\N=C(/C=C\C(C)=N\C(C)=C(/C)S/C=C/c1ccc(N(C)C)cc1O)CC#N. The lowest BCUT2D eigenvalue weighted by molar-refractivity contribution is 0.474. The van der Waals surface area contributed by atoms with Crippen LogP contribution in [0.1, 0.15) is 32.8 Å². The van der Waals surface area contributed by atoms with Crippen molar-refractivity contribution in [2.75, 3.05) is 26.0 Å². The van der Waals surface area contributed by atoms with Crippen molar-refractivity contribution in [1.82, 2.24) is 0 Å². The summed E-state index contributed by atoms with van der Waals surface area (Å²) in [6.45, 7) is 5.88. The van der Waals surface area contributed by atoms with Gasteiger partial charge in [-0.05, 0) is 56.5 Å². The van der Waals surface area contributed by atoms with Crippen LogP contribution in [0.5, 0.6) is 5.75 Å². The molecule has 0 aliphatic heterocycles. The van der Waals surface area contributed by atoms with Crippen LogP contribution in [0, 0.1) is 11.3 Å². The minimum Gasteiger partial charge on any atom is -0.507 e. The fourth-order valence-electron chi connectivity index (χ4n) is 2.14. The second kappa shape index (κ2) is 11.8. The molecule has 0 aromatic heterocycles. The predicted molar refractivity (Wildman–Crippen MR) is 123 cm³/mol. The Morgan fingerprint density at radius 1 is 1.25 bits per heavy atom. The normalized spacial score (nSPS) is 13.8. The fourth-order valence-corrected chi connectivity index (χ4v) is 2.77. The summed E-state index contributed by atoms with van der Waals surface area (Å²) < 4.78 is 0. The molecule has 1 aromatic carbocycles.